The van der Waals surface area contributed by atoms with Crippen molar-refractivity contribution in [1.82, 2.24) is 0 Å². The third kappa shape index (κ3) is 3990. The van der Waals surface area contributed by atoms with Crippen molar-refractivity contribution in [3.05, 3.63) is 0 Å². The average molecular weight is 258 g/mol. The van der Waals surface area contributed by atoms with Crippen molar-refractivity contribution >= 4 is 16.6 Å². The summed E-state index contributed by atoms with van der Waals surface area (Å²) in [7, 11) is -4.92. The smallest absolute Gasteiger partial charge is 0.870 e. The summed E-state index contributed by atoms with van der Waals surface area (Å²) < 4.78 is 32.8. The number of carbonyl (C=O) groups is 1. The molecule has 0 aliphatic heterocycles. The zero-order chi connectivity index (χ0) is 8.08. The molecular weight excluding hydrogens is 252 g/mol. The predicted molar refractivity (Wildman–Crippen MR) is 28.5 cm³/mol. The second-order valence-electron chi connectivity index (χ2n) is 0.710. The van der Waals surface area contributed by atoms with E-state index >= 15 is 0 Å². The summed E-state index contributed by atoms with van der Waals surface area (Å²) in [4.78, 5) is 8.56. The van der Waals surface area contributed by atoms with Crippen LogP contribution in [0.15, 0.2) is 0 Å². The molecule has 12 heavy (non-hydrogen) atoms. The first-order valence-electron chi connectivity index (χ1n) is 1.33. The van der Waals surface area contributed by atoms with Crippen molar-refractivity contribution in [3.63, 3.8) is 0 Å². The van der Waals surface area contributed by atoms with Crippen LogP contribution in [0.3, 0.4) is 0 Å². The molecule has 9 nitrogen and oxygen atoms in total. The van der Waals surface area contributed by atoms with E-state index in [1.807, 2.05) is 0 Å². The molecule has 0 heterocycles. The Balaban J connectivity index is -0.0000000221. The molecule has 0 aliphatic rings. The summed E-state index contributed by atoms with van der Waals surface area (Å²) in [6.07, 6.45) is -1.83. The van der Waals surface area contributed by atoms with Gasteiger partial charge in [0.2, 0.25) is 10.4 Å². The van der Waals surface area contributed by atoms with Crippen LogP contribution in [0.1, 0.15) is 0 Å². The van der Waals surface area contributed by atoms with Crippen LogP contribution in [0, 0.1) is 0 Å². The van der Waals surface area contributed by atoms with Gasteiger partial charge in [-0.3, -0.25) is 4.55 Å². The second-order valence-corrected chi connectivity index (χ2v) is 1.57. The summed E-state index contributed by atoms with van der Waals surface area (Å²) in [5.74, 6) is 0. The van der Waals surface area contributed by atoms with E-state index in [1.165, 1.54) is 0 Å². The molecule has 0 aromatic heterocycles. The van der Waals surface area contributed by atoms with Gasteiger partial charge >= 0.3 is 23.2 Å². The topological polar surface area (TPSA) is 196 Å². The van der Waals surface area contributed by atoms with Crippen LogP contribution in [0.5, 0.6) is 0 Å². The number of hydrogen-bond acceptors (Lipinski definition) is 5. The van der Waals surface area contributed by atoms with Crippen molar-refractivity contribution in [3.8, 4) is 0 Å². The number of rotatable bonds is 0. The van der Waals surface area contributed by atoms with Crippen LogP contribution >= 0.6 is 0 Å². The summed E-state index contributed by atoms with van der Waals surface area (Å²) >= 11 is 0. The fraction of sp³-hybridized carbons (Fsp3) is 0. The average Bonchev–Trinajstić information content (AvgIpc) is 1.19. The van der Waals surface area contributed by atoms with Crippen LogP contribution in [0.2, 0.25) is 0 Å². The fourth-order valence-electron chi connectivity index (χ4n) is 0. The largest absolute Gasteiger partial charge is 2.00 e. The molecule has 0 amide bonds. The first kappa shape index (κ1) is 29.9. The van der Waals surface area contributed by atoms with Gasteiger partial charge in [-0.25, -0.2) is 13.2 Å². The SMILES string of the molecule is O.O=C(O)O.O=S(=O)([O-])O.[Cu+2].[OH-]. The molecule has 0 aliphatic carbocycles. The van der Waals surface area contributed by atoms with Crippen LogP contribution in [-0.2, 0) is 27.5 Å². The molecule has 0 fully saturated rings. The van der Waals surface area contributed by atoms with Crippen molar-refractivity contribution in [1.29, 1.82) is 0 Å². The van der Waals surface area contributed by atoms with Crippen LogP contribution in [0.25, 0.3) is 0 Å². The third-order valence-corrected chi connectivity index (χ3v) is 0. The Morgan fingerprint density at radius 2 is 1.25 bits per heavy atom. The molecular formula is CH6CuO9S. The normalized spacial score (nSPS) is 6.83. The molecule has 6 N–H and O–H groups in total. The Hall–Kier alpha value is -0.421. The first-order valence-corrected chi connectivity index (χ1v) is 2.70. The first-order chi connectivity index (χ1) is 3.73. The molecule has 0 unspecified atom stereocenters. The zero-order valence-electron chi connectivity index (χ0n) is 5.13. The Kier molecular flexibility index (Phi) is 32.9. The van der Waals surface area contributed by atoms with Gasteiger partial charge in [-0.1, -0.05) is 0 Å². The van der Waals surface area contributed by atoms with Crippen molar-refractivity contribution < 1.29 is 60.6 Å². The Labute approximate surface area is 77.7 Å². The molecule has 0 aromatic carbocycles. The molecule has 1 radical (unpaired) electrons. The van der Waals surface area contributed by atoms with Crippen LogP contribution < -0.4 is 0 Å². The maximum Gasteiger partial charge on any atom is 2.00 e. The zero-order valence-corrected chi connectivity index (χ0v) is 6.89. The molecule has 11 heteroatoms. The van der Waals surface area contributed by atoms with E-state index in [0.29, 0.717) is 0 Å². The summed E-state index contributed by atoms with van der Waals surface area (Å²) in [6, 6.07) is 0. The van der Waals surface area contributed by atoms with Gasteiger partial charge in [0.05, 0.1) is 0 Å². The predicted octanol–water partition coefficient (Wildman–Crippen LogP) is -1.78. The molecule has 0 saturated heterocycles. The maximum atomic E-state index is 8.63. The van der Waals surface area contributed by atoms with E-state index < -0.39 is 16.6 Å². The summed E-state index contributed by atoms with van der Waals surface area (Å²) in [5.41, 5.74) is 0. The Morgan fingerprint density at radius 1 is 1.25 bits per heavy atom. The van der Waals surface area contributed by atoms with Crippen molar-refractivity contribution in [2.45, 2.75) is 0 Å². The maximum absolute atomic E-state index is 8.63. The summed E-state index contributed by atoms with van der Waals surface area (Å²) in [5, 5.41) is 13.9. The van der Waals surface area contributed by atoms with E-state index in [4.69, 9.17) is 32.5 Å². The third-order valence-electron chi connectivity index (χ3n) is 0. The molecule has 0 spiro atoms. The quantitative estimate of drug-likeness (QED) is 0.257. The van der Waals surface area contributed by atoms with Gasteiger partial charge in [0.25, 0.3) is 0 Å². The molecule has 0 aromatic rings. The fourth-order valence-corrected chi connectivity index (χ4v) is 0. The van der Waals surface area contributed by atoms with Gasteiger partial charge in [-0.2, -0.15) is 0 Å². The summed E-state index contributed by atoms with van der Waals surface area (Å²) in [6.45, 7) is 0. The van der Waals surface area contributed by atoms with Gasteiger partial charge in [-0.15, -0.1) is 0 Å². The molecule has 0 saturated carbocycles. The van der Waals surface area contributed by atoms with E-state index in [9.17, 15) is 0 Å². The van der Waals surface area contributed by atoms with Crippen molar-refractivity contribution in [2.75, 3.05) is 0 Å². The molecule has 0 atom stereocenters. The van der Waals surface area contributed by atoms with Crippen molar-refractivity contribution in [2.24, 2.45) is 0 Å². The van der Waals surface area contributed by atoms with E-state index in [1.54, 1.807) is 0 Å². The minimum Gasteiger partial charge on any atom is -0.870 e. The van der Waals surface area contributed by atoms with Gasteiger partial charge in [-0.05, 0) is 0 Å². The van der Waals surface area contributed by atoms with Gasteiger partial charge in [0.1, 0.15) is 0 Å². The van der Waals surface area contributed by atoms with Gasteiger partial charge < -0.3 is 25.7 Å². The monoisotopic (exact) mass is 257 g/mol. The Bertz CT molecular complexity index is 157. The van der Waals surface area contributed by atoms with E-state index in [0.717, 1.165) is 0 Å². The van der Waals surface area contributed by atoms with Crippen LogP contribution in [-0.4, -0.2) is 44.8 Å². The van der Waals surface area contributed by atoms with E-state index in [2.05, 4.69) is 0 Å². The number of hydrogen-bond donors (Lipinski definition) is 3. The molecule has 81 valence electrons. The minimum atomic E-state index is -4.92. The van der Waals surface area contributed by atoms with Gasteiger partial charge in [0.15, 0.2) is 0 Å². The van der Waals surface area contributed by atoms with E-state index in [-0.39, 0.29) is 28.0 Å². The molecule has 0 rings (SSSR count). The van der Waals surface area contributed by atoms with Gasteiger partial charge in [0, 0.05) is 0 Å². The Morgan fingerprint density at radius 3 is 1.25 bits per heavy atom. The minimum absolute atomic E-state index is 0. The van der Waals surface area contributed by atoms with Crippen LogP contribution in [0.4, 0.5) is 4.79 Å². The number of carboxylic acid groups (broad SMARTS) is 2. The molecule has 0 bridgehead atoms. The standard InChI is InChI=1S/CH2O3.Cu.H2O4S.2H2O/c2-1(3)4;;1-5(2,3)4;;/h(H2,2,3,4);;(H2,1,2,3,4);2*1H2/q;+2;;;/p-2. The second kappa shape index (κ2) is 13.2.